The summed E-state index contributed by atoms with van der Waals surface area (Å²) in [6, 6.07) is 4.78. The predicted octanol–water partition coefficient (Wildman–Crippen LogP) is 0.864. The van der Waals surface area contributed by atoms with Crippen LogP contribution in [0.4, 0.5) is 11.4 Å². The van der Waals surface area contributed by atoms with Gasteiger partial charge in [0.15, 0.2) is 0 Å². The van der Waals surface area contributed by atoms with Crippen molar-refractivity contribution in [2.45, 2.75) is 12.5 Å². The fourth-order valence-electron chi connectivity index (χ4n) is 3.89. The number of hydrogen-bond donors (Lipinski definition) is 1. The Hall–Kier alpha value is -2.78. The first-order chi connectivity index (χ1) is 13.0. The monoisotopic (exact) mass is 370 g/mol. The van der Waals surface area contributed by atoms with Crippen LogP contribution in [0, 0.1) is 10.1 Å². The Kier molecular flexibility index (Phi) is 4.63. The minimum atomic E-state index is -0.422. The quantitative estimate of drug-likeness (QED) is 0.634. The van der Waals surface area contributed by atoms with Gasteiger partial charge in [-0.05, 0) is 12.0 Å². The number of aryl methyl sites for hydroxylation is 1. The summed E-state index contributed by atoms with van der Waals surface area (Å²) in [5.41, 5.74) is 1.66. The molecule has 0 spiro atoms. The van der Waals surface area contributed by atoms with Crippen molar-refractivity contribution in [2.75, 3.05) is 37.6 Å². The molecule has 0 aliphatic carbocycles. The van der Waals surface area contributed by atoms with E-state index in [2.05, 4.69) is 15.2 Å². The number of imidazole rings is 1. The van der Waals surface area contributed by atoms with E-state index in [0.29, 0.717) is 12.2 Å². The Morgan fingerprint density at radius 1 is 1.41 bits per heavy atom. The number of aromatic nitrogens is 2. The Morgan fingerprint density at radius 2 is 2.26 bits per heavy atom. The molecule has 3 heterocycles. The summed E-state index contributed by atoms with van der Waals surface area (Å²) >= 11 is 0. The first-order valence-corrected chi connectivity index (χ1v) is 9.04. The number of carbonyl (C=O) groups excluding carboxylic acids is 1. The smallest absolute Gasteiger partial charge is 0.271 e. The van der Waals surface area contributed by atoms with Gasteiger partial charge in [-0.15, -0.1) is 0 Å². The zero-order chi connectivity index (χ0) is 19.0. The van der Waals surface area contributed by atoms with Gasteiger partial charge in [-0.2, -0.15) is 0 Å². The molecule has 2 aliphatic rings. The van der Waals surface area contributed by atoms with Gasteiger partial charge in [0.05, 0.1) is 23.2 Å². The van der Waals surface area contributed by atoms with E-state index in [1.807, 2.05) is 17.8 Å². The van der Waals surface area contributed by atoms with Crippen LogP contribution in [-0.4, -0.2) is 58.0 Å². The van der Waals surface area contributed by atoms with Crippen LogP contribution in [0.15, 0.2) is 30.6 Å². The lowest BCUT2D eigenvalue weighted by Gasteiger charge is -2.36. The van der Waals surface area contributed by atoms with Crippen LogP contribution in [0.25, 0.3) is 0 Å². The van der Waals surface area contributed by atoms with Crippen molar-refractivity contribution in [2.24, 2.45) is 7.05 Å². The summed E-state index contributed by atoms with van der Waals surface area (Å²) in [6.07, 6.45) is 4.39. The summed E-state index contributed by atoms with van der Waals surface area (Å²) in [5.74, 6) is 0.891. The third-order valence-corrected chi connectivity index (χ3v) is 5.33. The third-order valence-electron chi connectivity index (χ3n) is 5.33. The predicted molar refractivity (Wildman–Crippen MR) is 99.5 cm³/mol. The number of anilines is 1. The van der Waals surface area contributed by atoms with Gasteiger partial charge < -0.3 is 14.8 Å². The maximum absolute atomic E-state index is 13.0. The van der Waals surface area contributed by atoms with Crippen molar-refractivity contribution in [1.29, 1.82) is 0 Å². The average molecular weight is 370 g/mol. The van der Waals surface area contributed by atoms with Crippen LogP contribution < -0.4 is 10.2 Å². The summed E-state index contributed by atoms with van der Waals surface area (Å²) < 4.78 is 1.98. The standard InChI is InChI=1S/C18H22N6O3/c1-21-8-6-20-18(21)16-11-19-5-9-22(16)12-17(25)23-7-4-13-2-3-14(24(26)27)10-15(13)23/h2-3,6,8,10,16,19H,4-5,7,9,11-12H2,1H3. The molecule has 0 bridgehead atoms. The summed E-state index contributed by atoms with van der Waals surface area (Å²) in [4.78, 5) is 31.9. The number of nitrogens with zero attached hydrogens (tertiary/aromatic N) is 5. The Balaban J connectivity index is 1.53. The van der Waals surface area contributed by atoms with Crippen LogP contribution in [0.1, 0.15) is 17.4 Å². The van der Waals surface area contributed by atoms with Gasteiger partial charge in [-0.1, -0.05) is 6.07 Å². The molecule has 27 heavy (non-hydrogen) atoms. The SMILES string of the molecule is Cn1ccnc1C1CNCCN1CC(=O)N1CCc2ccc([N+](=O)[O-])cc21. The second kappa shape index (κ2) is 7.09. The van der Waals surface area contributed by atoms with Crippen molar-refractivity contribution in [1.82, 2.24) is 19.8 Å². The molecule has 2 aliphatic heterocycles. The van der Waals surface area contributed by atoms with Gasteiger partial charge in [0.25, 0.3) is 5.69 Å². The lowest BCUT2D eigenvalue weighted by atomic mass is 10.1. The lowest BCUT2D eigenvalue weighted by Crippen LogP contribution is -2.50. The summed E-state index contributed by atoms with van der Waals surface area (Å²) in [5, 5.41) is 14.4. The normalized spacial score (nSPS) is 19.9. The highest BCUT2D eigenvalue weighted by atomic mass is 16.6. The van der Waals surface area contributed by atoms with Crippen molar-refractivity contribution >= 4 is 17.3 Å². The van der Waals surface area contributed by atoms with E-state index in [1.165, 1.54) is 12.1 Å². The average Bonchev–Trinajstić information content (AvgIpc) is 3.27. The Bertz CT molecular complexity index is 880. The fourth-order valence-corrected chi connectivity index (χ4v) is 3.89. The van der Waals surface area contributed by atoms with Gasteiger partial charge >= 0.3 is 0 Å². The zero-order valence-corrected chi connectivity index (χ0v) is 15.2. The van der Waals surface area contributed by atoms with E-state index in [1.54, 1.807) is 17.2 Å². The number of nitrogens with one attached hydrogen (secondary N) is 1. The van der Waals surface area contributed by atoms with Gasteiger partial charge in [0.1, 0.15) is 5.82 Å². The molecule has 1 aromatic carbocycles. The Labute approximate surface area is 156 Å². The molecule has 142 valence electrons. The highest BCUT2D eigenvalue weighted by molar-refractivity contribution is 5.97. The number of nitro groups is 1. The van der Waals surface area contributed by atoms with Gasteiger partial charge in [-0.3, -0.25) is 19.8 Å². The van der Waals surface area contributed by atoms with Crippen LogP contribution in [-0.2, 0) is 18.3 Å². The molecule has 1 fully saturated rings. The molecular formula is C18H22N6O3. The summed E-state index contributed by atoms with van der Waals surface area (Å²) in [7, 11) is 1.95. The van der Waals surface area contributed by atoms with E-state index >= 15 is 0 Å². The van der Waals surface area contributed by atoms with Crippen LogP contribution in [0.2, 0.25) is 0 Å². The lowest BCUT2D eigenvalue weighted by molar-refractivity contribution is -0.384. The minimum absolute atomic E-state index is 0.0153. The van der Waals surface area contributed by atoms with E-state index in [9.17, 15) is 14.9 Å². The van der Waals surface area contributed by atoms with E-state index in [0.717, 1.165) is 37.4 Å². The maximum atomic E-state index is 13.0. The van der Waals surface area contributed by atoms with Crippen molar-refractivity contribution in [3.8, 4) is 0 Å². The number of fused-ring (bicyclic) bond motifs is 1. The molecule has 1 N–H and O–H groups in total. The Morgan fingerprint density at radius 3 is 3.00 bits per heavy atom. The molecule has 1 saturated heterocycles. The van der Waals surface area contributed by atoms with Crippen LogP contribution >= 0.6 is 0 Å². The zero-order valence-electron chi connectivity index (χ0n) is 15.2. The number of benzene rings is 1. The molecule has 9 heteroatoms. The van der Waals surface area contributed by atoms with Crippen molar-refractivity contribution in [3.63, 3.8) is 0 Å². The molecular weight excluding hydrogens is 348 g/mol. The highest BCUT2D eigenvalue weighted by Gasteiger charge is 2.32. The molecule has 1 aromatic heterocycles. The second-order valence-corrected chi connectivity index (χ2v) is 6.95. The number of hydrogen-bond acceptors (Lipinski definition) is 6. The second-order valence-electron chi connectivity index (χ2n) is 6.95. The number of carbonyl (C=O) groups is 1. The fraction of sp³-hybridized carbons (Fsp3) is 0.444. The minimum Gasteiger partial charge on any atom is -0.337 e. The number of amides is 1. The first-order valence-electron chi connectivity index (χ1n) is 9.04. The molecule has 1 amide bonds. The van der Waals surface area contributed by atoms with E-state index in [4.69, 9.17) is 0 Å². The van der Waals surface area contributed by atoms with Gasteiger partial charge in [0, 0.05) is 57.8 Å². The molecule has 0 radical (unpaired) electrons. The van der Waals surface area contributed by atoms with Gasteiger partial charge in [0.2, 0.25) is 5.91 Å². The molecule has 1 atom stereocenters. The third kappa shape index (κ3) is 3.31. The van der Waals surface area contributed by atoms with Crippen molar-refractivity contribution < 1.29 is 9.72 Å². The van der Waals surface area contributed by atoms with Crippen LogP contribution in [0.3, 0.4) is 0 Å². The highest BCUT2D eigenvalue weighted by Crippen LogP contribution is 2.32. The van der Waals surface area contributed by atoms with E-state index < -0.39 is 4.92 Å². The van der Waals surface area contributed by atoms with Crippen molar-refractivity contribution in [3.05, 3.63) is 52.1 Å². The number of nitro benzene ring substituents is 1. The van der Waals surface area contributed by atoms with Gasteiger partial charge in [-0.25, -0.2) is 4.98 Å². The largest absolute Gasteiger partial charge is 0.337 e. The van der Waals surface area contributed by atoms with Crippen LogP contribution in [0.5, 0.6) is 0 Å². The maximum Gasteiger partial charge on any atom is 0.271 e. The first kappa shape index (κ1) is 17.6. The topological polar surface area (TPSA) is 96.5 Å². The van der Waals surface area contributed by atoms with E-state index in [-0.39, 0.29) is 24.2 Å². The summed E-state index contributed by atoms with van der Waals surface area (Å²) in [6.45, 7) is 3.13. The number of non-ortho nitro benzene ring substituents is 1. The molecule has 1 unspecified atom stereocenters. The molecule has 2 aromatic rings. The number of rotatable bonds is 4. The molecule has 9 nitrogen and oxygen atoms in total. The molecule has 0 saturated carbocycles. The number of piperazine rings is 1. The molecule has 4 rings (SSSR count).